The maximum Gasteiger partial charge on any atom is 0.312 e. The molecule has 0 radical (unpaired) electrons. The van der Waals surface area contributed by atoms with Crippen molar-refractivity contribution in [2.24, 2.45) is 16.9 Å². The summed E-state index contributed by atoms with van der Waals surface area (Å²) in [5.74, 6) is -0.117. The van der Waals surface area contributed by atoms with E-state index in [9.17, 15) is 9.59 Å². The average molecular weight is 272 g/mol. The van der Waals surface area contributed by atoms with Gasteiger partial charge >= 0.3 is 6.03 Å². The van der Waals surface area contributed by atoms with Crippen LogP contribution in [0.25, 0.3) is 0 Å². The van der Waals surface area contributed by atoms with E-state index in [2.05, 4.69) is 5.32 Å². The van der Waals surface area contributed by atoms with E-state index in [1.54, 1.807) is 11.9 Å². The molecule has 0 aromatic carbocycles. The molecule has 0 saturated heterocycles. The lowest BCUT2D eigenvalue weighted by atomic mass is 9.93. The largest absolute Gasteiger partial charge is 0.352 e. The third-order valence-electron chi connectivity index (χ3n) is 3.05. The lowest BCUT2D eigenvalue weighted by Crippen LogP contribution is -2.51. The first kappa shape index (κ1) is 17.7. The highest BCUT2D eigenvalue weighted by Crippen LogP contribution is 2.15. The number of carbonyl (C=O) groups excluding carboxylic acids is 2. The van der Waals surface area contributed by atoms with Crippen molar-refractivity contribution in [3.63, 3.8) is 0 Å². The average Bonchev–Trinajstić information content (AvgIpc) is 2.32. The lowest BCUT2D eigenvalue weighted by Gasteiger charge is -2.31. The number of primary amides is 1. The fourth-order valence-electron chi connectivity index (χ4n) is 1.89. The summed E-state index contributed by atoms with van der Waals surface area (Å²) in [4.78, 5) is 24.9. The third-order valence-corrected chi connectivity index (χ3v) is 3.05. The molecule has 1 unspecified atom stereocenters. The molecule has 0 spiro atoms. The van der Waals surface area contributed by atoms with Gasteiger partial charge in [0.2, 0.25) is 5.91 Å². The predicted molar refractivity (Wildman–Crippen MR) is 76.5 cm³/mol. The van der Waals surface area contributed by atoms with Crippen LogP contribution >= 0.6 is 0 Å². The molecule has 0 aliphatic carbocycles. The maximum atomic E-state index is 12.3. The van der Waals surface area contributed by atoms with E-state index >= 15 is 0 Å². The topological polar surface area (TPSA) is 101 Å². The molecule has 1 atom stereocenters. The van der Waals surface area contributed by atoms with Gasteiger partial charge in [0, 0.05) is 13.6 Å². The number of nitrogens with two attached hydrogens (primary N) is 2. The summed E-state index contributed by atoms with van der Waals surface area (Å²) < 4.78 is 0. The van der Waals surface area contributed by atoms with Crippen molar-refractivity contribution in [2.75, 3.05) is 20.1 Å². The van der Waals surface area contributed by atoms with Gasteiger partial charge in [-0.05, 0) is 18.4 Å². The van der Waals surface area contributed by atoms with Crippen molar-refractivity contribution in [2.45, 2.75) is 46.1 Å². The molecule has 0 rings (SSSR count). The molecule has 0 fully saturated rings. The Morgan fingerprint density at radius 2 is 1.95 bits per heavy atom. The number of nitrogens with one attached hydrogen (secondary N) is 1. The van der Waals surface area contributed by atoms with Crippen LogP contribution in [0.15, 0.2) is 0 Å². The number of hydrogen-bond donors (Lipinski definition) is 3. The van der Waals surface area contributed by atoms with Gasteiger partial charge < -0.3 is 21.7 Å². The van der Waals surface area contributed by atoms with Crippen LogP contribution in [-0.4, -0.2) is 43.0 Å². The van der Waals surface area contributed by atoms with Crippen LogP contribution in [0.1, 0.15) is 40.0 Å². The van der Waals surface area contributed by atoms with Gasteiger partial charge in [0.05, 0.1) is 0 Å². The molecule has 19 heavy (non-hydrogen) atoms. The standard InChI is InChI=1S/C13H28N4O2/c1-5-6-7-10(16-12(15)19)11(18)17(4)9-13(2,3)8-14/h10H,5-9,14H2,1-4H3,(H3,15,16,19). The lowest BCUT2D eigenvalue weighted by molar-refractivity contribution is -0.133. The Morgan fingerprint density at radius 1 is 1.37 bits per heavy atom. The quantitative estimate of drug-likeness (QED) is 0.605. The van der Waals surface area contributed by atoms with Gasteiger partial charge in [0.25, 0.3) is 0 Å². The van der Waals surface area contributed by atoms with Crippen molar-refractivity contribution in [3.8, 4) is 0 Å². The van der Waals surface area contributed by atoms with Crippen LogP contribution in [-0.2, 0) is 4.79 Å². The Bertz CT molecular complexity index is 305. The second-order valence-corrected chi connectivity index (χ2v) is 5.77. The molecular formula is C13H28N4O2. The number of carbonyl (C=O) groups is 2. The molecular weight excluding hydrogens is 244 g/mol. The zero-order valence-corrected chi connectivity index (χ0v) is 12.5. The van der Waals surface area contributed by atoms with Crippen molar-refractivity contribution in [1.29, 1.82) is 0 Å². The Kier molecular flexibility index (Phi) is 7.44. The molecule has 0 aromatic heterocycles. The molecule has 3 amide bonds. The summed E-state index contributed by atoms with van der Waals surface area (Å²) in [6.45, 7) is 7.07. The molecule has 0 bridgehead atoms. The summed E-state index contributed by atoms with van der Waals surface area (Å²) in [6, 6.07) is -1.21. The fraction of sp³-hybridized carbons (Fsp3) is 0.846. The van der Waals surface area contributed by atoms with Crippen LogP contribution in [0.4, 0.5) is 4.79 Å². The van der Waals surface area contributed by atoms with E-state index in [0.29, 0.717) is 19.5 Å². The van der Waals surface area contributed by atoms with E-state index in [4.69, 9.17) is 11.5 Å². The second kappa shape index (κ2) is 7.99. The monoisotopic (exact) mass is 272 g/mol. The molecule has 6 heteroatoms. The molecule has 0 heterocycles. The van der Waals surface area contributed by atoms with Gasteiger partial charge in [-0.15, -0.1) is 0 Å². The summed E-state index contributed by atoms with van der Waals surface area (Å²) in [6.07, 6.45) is 2.43. The Labute approximate surface area is 115 Å². The Balaban J connectivity index is 4.63. The first-order valence-corrected chi connectivity index (χ1v) is 6.74. The number of unbranched alkanes of at least 4 members (excludes halogenated alkanes) is 1. The van der Waals surface area contributed by atoms with Crippen molar-refractivity contribution in [3.05, 3.63) is 0 Å². The zero-order valence-electron chi connectivity index (χ0n) is 12.5. The smallest absolute Gasteiger partial charge is 0.312 e. The van der Waals surface area contributed by atoms with Crippen LogP contribution in [0, 0.1) is 5.41 Å². The van der Waals surface area contributed by atoms with Gasteiger partial charge in [-0.2, -0.15) is 0 Å². The van der Waals surface area contributed by atoms with Gasteiger partial charge in [-0.25, -0.2) is 4.79 Å². The summed E-state index contributed by atoms with van der Waals surface area (Å²) in [5, 5.41) is 2.52. The van der Waals surface area contributed by atoms with E-state index in [-0.39, 0.29) is 11.3 Å². The van der Waals surface area contributed by atoms with Crippen molar-refractivity contribution < 1.29 is 9.59 Å². The maximum absolute atomic E-state index is 12.3. The molecule has 112 valence electrons. The minimum atomic E-state index is -0.666. The van der Waals surface area contributed by atoms with Crippen LogP contribution in [0.3, 0.4) is 0 Å². The highest BCUT2D eigenvalue weighted by atomic mass is 16.2. The summed E-state index contributed by atoms with van der Waals surface area (Å²) in [7, 11) is 1.72. The number of hydrogen-bond acceptors (Lipinski definition) is 3. The molecule has 0 saturated carbocycles. The first-order valence-electron chi connectivity index (χ1n) is 6.74. The van der Waals surface area contributed by atoms with E-state index < -0.39 is 12.1 Å². The minimum Gasteiger partial charge on any atom is -0.352 e. The minimum absolute atomic E-state index is 0.117. The molecule has 5 N–H and O–H groups in total. The number of rotatable bonds is 8. The van der Waals surface area contributed by atoms with Crippen molar-refractivity contribution >= 4 is 11.9 Å². The van der Waals surface area contributed by atoms with Gasteiger partial charge in [0.1, 0.15) is 6.04 Å². The predicted octanol–water partition coefficient (Wildman–Crippen LogP) is 0.657. The Morgan fingerprint density at radius 3 is 2.37 bits per heavy atom. The number of likely N-dealkylation sites (N-methyl/N-ethyl adjacent to an activating group) is 1. The van der Waals surface area contributed by atoms with E-state index in [1.807, 2.05) is 20.8 Å². The van der Waals surface area contributed by atoms with E-state index in [1.165, 1.54) is 0 Å². The number of nitrogens with zero attached hydrogens (tertiary/aromatic N) is 1. The van der Waals surface area contributed by atoms with Crippen LogP contribution in [0.5, 0.6) is 0 Å². The highest BCUT2D eigenvalue weighted by molar-refractivity contribution is 5.86. The molecule has 0 aromatic rings. The molecule has 6 nitrogen and oxygen atoms in total. The molecule has 0 aliphatic heterocycles. The first-order chi connectivity index (χ1) is 8.73. The van der Waals surface area contributed by atoms with Crippen LogP contribution in [0.2, 0.25) is 0 Å². The van der Waals surface area contributed by atoms with Gasteiger partial charge in [-0.3, -0.25) is 4.79 Å². The normalized spacial score (nSPS) is 12.9. The summed E-state index contributed by atoms with van der Waals surface area (Å²) >= 11 is 0. The van der Waals surface area contributed by atoms with Crippen molar-refractivity contribution in [1.82, 2.24) is 10.2 Å². The van der Waals surface area contributed by atoms with E-state index in [0.717, 1.165) is 12.8 Å². The highest BCUT2D eigenvalue weighted by Gasteiger charge is 2.26. The van der Waals surface area contributed by atoms with Gasteiger partial charge in [-0.1, -0.05) is 33.6 Å². The number of urea groups is 1. The third kappa shape index (κ3) is 7.00. The SMILES string of the molecule is CCCCC(NC(N)=O)C(=O)N(C)CC(C)(C)CN. The van der Waals surface area contributed by atoms with Crippen LogP contribution < -0.4 is 16.8 Å². The zero-order chi connectivity index (χ0) is 15.1. The number of amides is 3. The summed E-state index contributed by atoms with van der Waals surface area (Å²) in [5.41, 5.74) is 10.6. The van der Waals surface area contributed by atoms with Gasteiger partial charge in [0.15, 0.2) is 0 Å². The molecule has 0 aliphatic rings. The second-order valence-electron chi connectivity index (χ2n) is 5.77. The Hall–Kier alpha value is -1.30. The fourth-order valence-corrected chi connectivity index (χ4v) is 1.89.